The van der Waals surface area contributed by atoms with Crippen molar-refractivity contribution in [3.8, 4) is 11.4 Å². The molecule has 1 aromatic heterocycles. The Morgan fingerprint density at radius 1 is 1.26 bits per heavy atom. The summed E-state index contributed by atoms with van der Waals surface area (Å²) in [7, 11) is 0. The summed E-state index contributed by atoms with van der Waals surface area (Å²) in [6.45, 7) is 6.78. The first-order chi connectivity index (χ1) is 11.0. The van der Waals surface area contributed by atoms with Crippen LogP contribution in [0, 0.1) is 0 Å². The molecule has 1 aromatic carbocycles. The number of rotatable bonds is 4. The van der Waals surface area contributed by atoms with Crippen LogP contribution in [0.5, 0.6) is 0 Å². The van der Waals surface area contributed by atoms with Gasteiger partial charge in [-0.15, -0.1) is 0 Å². The Bertz CT molecular complexity index is 749. The largest absolute Gasteiger partial charge is 0.380 e. The zero-order valence-electron chi connectivity index (χ0n) is 13.6. The third-order valence-electron chi connectivity index (χ3n) is 3.88. The van der Waals surface area contributed by atoms with Gasteiger partial charge in [-0.1, -0.05) is 42.0 Å². The van der Waals surface area contributed by atoms with Gasteiger partial charge in [0.2, 0.25) is 0 Å². The van der Waals surface area contributed by atoms with Crippen molar-refractivity contribution in [3.63, 3.8) is 0 Å². The molecule has 2 N–H and O–H groups in total. The Balaban J connectivity index is 1.84. The van der Waals surface area contributed by atoms with E-state index in [1.165, 1.54) is 5.57 Å². The average molecular weight is 311 g/mol. The molecule has 2 heterocycles. The third-order valence-corrected chi connectivity index (χ3v) is 3.88. The highest BCUT2D eigenvalue weighted by Crippen LogP contribution is 2.30. The Labute approximate surface area is 135 Å². The Morgan fingerprint density at radius 2 is 1.96 bits per heavy atom. The minimum absolute atomic E-state index is 0.352. The van der Waals surface area contributed by atoms with Gasteiger partial charge in [0.15, 0.2) is 11.6 Å². The van der Waals surface area contributed by atoms with Crippen LogP contribution in [0.2, 0.25) is 0 Å². The summed E-state index contributed by atoms with van der Waals surface area (Å²) >= 11 is 0. The van der Waals surface area contributed by atoms with E-state index in [2.05, 4.69) is 21.3 Å². The van der Waals surface area contributed by atoms with E-state index in [1.54, 1.807) is 0 Å². The molecule has 0 bridgehead atoms. The van der Waals surface area contributed by atoms with Crippen molar-refractivity contribution in [3.05, 3.63) is 53.4 Å². The SMILES string of the molecule is C/C=C(\C=C(C)C)c1nc(-c2ccc(C3(O)COC3)cc2)n[nH]1. The van der Waals surface area contributed by atoms with Crippen LogP contribution in [-0.2, 0) is 10.3 Å². The van der Waals surface area contributed by atoms with Crippen molar-refractivity contribution in [1.29, 1.82) is 0 Å². The highest BCUT2D eigenvalue weighted by Gasteiger charge is 2.37. The fourth-order valence-electron chi connectivity index (χ4n) is 2.51. The van der Waals surface area contributed by atoms with Crippen LogP contribution in [-0.4, -0.2) is 33.5 Å². The lowest BCUT2D eigenvalue weighted by Gasteiger charge is -2.36. The Kier molecular flexibility index (Phi) is 4.15. The molecule has 0 aliphatic carbocycles. The first-order valence-corrected chi connectivity index (χ1v) is 7.67. The molecule has 0 atom stereocenters. The average Bonchev–Trinajstić information content (AvgIpc) is 3.00. The second-order valence-electron chi connectivity index (χ2n) is 6.08. The standard InChI is InChI=1S/C18H21N3O2/c1-4-13(9-12(2)3)16-19-17(21-20-16)14-5-7-15(8-6-14)18(22)10-23-11-18/h4-9,22H,10-11H2,1-3H3,(H,19,20,21)/b13-4+. The molecule has 0 radical (unpaired) electrons. The van der Waals surface area contributed by atoms with Crippen molar-refractivity contribution in [2.24, 2.45) is 0 Å². The number of aliphatic hydroxyl groups is 1. The summed E-state index contributed by atoms with van der Waals surface area (Å²) in [6.07, 6.45) is 4.08. The van der Waals surface area contributed by atoms with Gasteiger partial charge in [-0.3, -0.25) is 5.10 Å². The van der Waals surface area contributed by atoms with E-state index in [1.807, 2.05) is 51.1 Å². The molecular weight excluding hydrogens is 290 g/mol. The maximum atomic E-state index is 10.3. The van der Waals surface area contributed by atoms with E-state index in [9.17, 15) is 5.11 Å². The van der Waals surface area contributed by atoms with E-state index in [-0.39, 0.29) is 0 Å². The first kappa shape index (κ1) is 15.6. The van der Waals surface area contributed by atoms with Crippen LogP contribution >= 0.6 is 0 Å². The van der Waals surface area contributed by atoms with E-state index >= 15 is 0 Å². The summed E-state index contributed by atoms with van der Waals surface area (Å²) in [4.78, 5) is 4.56. The van der Waals surface area contributed by atoms with Crippen LogP contribution < -0.4 is 0 Å². The van der Waals surface area contributed by atoms with Crippen molar-refractivity contribution in [1.82, 2.24) is 15.2 Å². The number of benzene rings is 1. The number of aromatic nitrogens is 3. The normalized spacial score (nSPS) is 16.8. The fourth-order valence-corrected chi connectivity index (χ4v) is 2.51. The molecule has 5 heteroatoms. The topological polar surface area (TPSA) is 71.0 Å². The van der Waals surface area contributed by atoms with Crippen LogP contribution in [0.1, 0.15) is 32.2 Å². The van der Waals surface area contributed by atoms with Crippen LogP contribution in [0.4, 0.5) is 0 Å². The summed E-state index contributed by atoms with van der Waals surface area (Å²) in [5, 5.41) is 17.5. The van der Waals surface area contributed by atoms with Crippen molar-refractivity contribution < 1.29 is 9.84 Å². The number of nitrogens with zero attached hydrogens (tertiary/aromatic N) is 2. The quantitative estimate of drug-likeness (QED) is 0.851. The minimum atomic E-state index is -0.843. The molecule has 1 saturated heterocycles. The minimum Gasteiger partial charge on any atom is -0.380 e. The molecule has 1 fully saturated rings. The Morgan fingerprint density at radius 3 is 2.48 bits per heavy atom. The zero-order valence-corrected chi connectivity index (χ0v) is 13.6. The van der Waals surface area contributed by atoms with E-state index in [0.717, 1.165) is 22.5 Å². The molecule has 0 saturated carbocycles. The monoisotopic (exact) mass is 311 g/mol. The van der Waals surface area contributed by atoms with Gasteiger partial charge in [0, 0.05) is 11.1 Å². The predicted molar refractivity (Wildman–Crippen MR) is 89.6 cm³/mol. The molecular formula is C18H21N3O2. The van der Waals surface area contributed by atoms with E-state index in [4.69, 9.17) is 4.74 Å². The van der Waals surface area contributed by atoms with E-state index < -0.39 is 5.60 Å². The molecule has 1 aliphatic heterocycles. The highest BCUT2D eigenvalue weighted by atomic mass is 16.5. The lowest BCUT2D eigenvalue weighted by molar-refractivity contribution is -0.184. The van der Waals surface area contributed by atoms with Crippen LogP contribution in [0.25, 0.3) is 17.0 Å². The zero-order chi connectivity index (χ0) is 16.4. The van der Waals surface area contributed by atoms with Gasteiger partial charge in [0.1, 0.15) is 5.60 Å². The van der Waals surface area contributed by atoms with Gasteiger partial charge in [-0.2, -0.15) is 5.10 Å². The van der Waals surface area contributed by atoms with Crippen molar-refractivity contribution >= 4 is 5.57 Å². The summed E-state index contributed by atoms with van der Waals surface area (Å²) < 4.78 is 5.09. The van der Waals surface area contributed by atoms with Crippen LogP contribution in [0.3, 0.4) is 0 Å². The highest BCUT2D eigenvalue weighted by molar-refractivity contribution is 5.71. The molecule has 1 aliphatic rings. The number of aromatic amines is 1. The number of allylic oxidation sites excluding steroid dienone is 4. The van der Waals surface area contributed by atoms with Gasteiger partial charge in [0.25, 0.3) is 0 Å². The van der Waals surface area contributed by atoms with Crippen LogP contribution in [0.15, 0.2) is 42.0 Å². The first-order valence-electron chi connectivity index (χ1n) is 7.67. The van der Waals surface area contributed by atoms with Crippen molar-refractivity contribution in [2.75, 3.05) is 13.2 Å². The number of nitrogens with one attached hydrogen (secondary N) is 1. The third kappa shape index (κ3) is 3.11. The molecule has 0 unspecified atom stereocenters. The maximum absolute atomic E-state index is 10.3. The number of hydrogen-bond acceptors (Lipinski definition) is 4. The second-order valence-corrected chi connectivity index (χ2v) is 6.08. The molecule has 23 heavy (non-hydrogen) atoms. The summed E-state index contributed by atoms with van der Waals surface area (Å²) in [5.41, 5.74) is 3.15. The number of hydrogen-bond donors (Lipinski definition) is 2. The Hall–Kier alpha value is -2.24. The molecule has 2 aromatic rings. The summed E-state index contributed by atoms with van der Waals surface area (Å²) in [6, 6.07) is 7.66. The van der Waals surface area contributed by atoms with Gasteiger partial charge in [-0.25, -0.2) is 4.98 Å². The maximum Gasteiger partial charge on any atom is 0.181 e. The second kappa shape index (κ2) is 6.10. The summed E-state index contributed by atoms with van der Waals surface area (Å²) in [5.74, 6) is 1.39. The van der Waals surface area contributed by atoms with E-state index in [0.29, 0.717) is 19.0 Å². The van der Waals surface area contributed by atoms with Gasteiger partial charge >= 0.3 is 0 Å². The lowest BCUT2D eigenvalue weighted by Crippen LogP contribution is -2.46. The number of H-pyrrole nitrogens is 1. The van der Waals surface area contributed by atoms with Crippen molar-refractivity contribution in [2.45, 2.75) is 26.4 Å². The molecule has 120 valence electrons. The van der Waals surface area contributed by atoms with Gasteiger partial charge in [0.05, 0.1) is 13.2 Å². The predicted octanol–water partition coefficient (Wildman–Crippen LogP) is 3.06. The smallest absolute Gasteiger partial charge is 0.181 e. The lowest BCUT2D eigenvalue weighted by atomic mass is 9.91. The molecule has 0 spiro atoms. The van der Waals surface area contributed by atoms with Gasteiger partial charge < -0.3 is 9.84 Å². The van der Waals surface area contributed by atoms with Gasteiger partial charge in [-0.05, 0) is 26.3 Å². The number of ether oxygens (including phenoxy) is 1. The molecule has 3 rings (SSSR count). The fraction of sp³-hybridized carbons (Fsp3) is 0.333. The molecule has 5 nitrogen and oxygen atoms in total. The molecule has 0 amide bonds.